The predicted octanol–water partition coefficient (Wildman–Crippen LogP) is 0.671. The minimum Gasteiger partial charge on any atom is -0.258 e. The Kier molecular flexibility index (Phi) is 1.19. The quantitative estimate of drug-likeness (QED) is 0.564. The van der Waals surface area contributed by atoms with Crippen LogP contribution in [0.3, 0.4) is 0 Å². The summed E-state index contributed by atoms with van der Waals surface area (Å²) in [5.41, 5.74) is 2.83. The normalized spacial score (nSPS) is 22.5. The highest BCUT2D eigenvalue weighted by molar-refractivity contribution is 6.16. The number of rotatable bonds is 0. The van der Waals surface area contributed by atoms with Gasteiger partial charge in [0.2, 0.25) is 0 Å². The monoisotopic (exact) mass is 170 g/mol. The molecule has 2 aliphatic rings. The van der Waals surface area contributed by atoms with Crippen LogP contribution in [0.5, 0.6) is 0 Å². The van der Waals surface area contributed by atoms with E-state index in [0.717, 1.165) is 17.0 Å². The number of aromatic nitrogens is 1. The lowest BCUT2D eigenvalue weighted by molar-refractivity contribution is 0.941. The molecule has 1 atom stereocenters. The Bertz CT molecular complexity index is 445. The van der Waals surface area contributed by atoms with E-state index < -0.39 is 0 Å². The number of hydrogen-bond donors (Lipinski definition) is 0. The molecule has 0 saturated heterocycles. The largest absolute Gasteiger partial charge is 0.258 e. The van der Waals surface area contributed by atoms with E-state index in [4.69, 9.17) is 0 Å². The maximum atomic E-state index is 4.22. The van der Waals surface area contributed by atoms with Crippen molar-refractivity contribution in [2.75, 3.05) is 0 Å². The van der Waals surface area contributed by atoms with Gasteiger partial charge in [0.25, 0.3) is 0 Å². The van der Waals surface area contributed by atoms with Crippen molar-refractivity contribution in [1.29, 1.82) is 0 Å². The van der Waals surface area contributed by atoms with Crippen molar-refractivity contribution in [3.05, 3.63) is 29.6 Å². The lowest BCUT2D eigenvalue weighted by Crippen LogP contribution is -2.21. The molecule has 0 amide bonds. The SMILES string of the molecule is C1=NC2N=Cc3ncccc3C2=N1. The zero-order valence-corrected chi connectivity index (χ0v) is 6.75. The molecular formula is C9H6N4. The van der Waals surface area contributed by atoms with Crippen molar-refractivity contribution < 1.29 is 0 Å². The fourth-order valence-corrected chi connectivity index (χ4v) is 1.49. The summed E-state index contributed by atoms with van der Waals surface area (Å²) in [6.45, 7) is 0. The molecule has 0 radical (unpaired) electrons. The molecule has 13 heavy (non-hydrogen) atoms. The summed E-state index contributed by atoms with van der Waals surface area (Å²) >= 11 is 0. The summed E-state index contributed by atoms with van der Waals surface area (Å²) < 4.78 is 0. The van der Waals surface area contributed by atoms with E-state index in [1.807, 2.05) is 12.1 Å². The molecular weight excluding hydrogens is 164 g/mol. The van der Waals surface area contributed by atoms with Crippen LogP contribution in [0.1, 0.15) is 11.3 Å². The highest BCUT2D eigenvalue weighted by atomic mass is 15.1. The third-order valence-corrected chi connectivity index (χ3v) is 2.10. The van der Waals surface area contributed by atoms with Crippen molar-refractivity contribution in [2.24, 2.45) is 15.0 Å². The minimum absolute atomic E-state index is 0.128. The average molecular weight is 170 g/mol. The van der Waals surface area contributed by atoms with Crippen LogP contribution in [0.15, 0.2) is 33.3 Å². The lowest BCUT2D eigenvalue weighted by Gasteiger charge is -2.13. The van der Waals surface area contributed by atoms with Crippen LogP contribution in [0.2, 0.25) is 0 Å². The summed E-state index contributed by atoms with van der Waals surface area (Å²) in [4.78, 5) is 16.7. The van der Waals surface area contributed by atoms with Gasteiger partial charge in [0.05, 0.1) is 17.6 Å². The Hall–Kier alpha value is -1.84. The van der Waals surface area contributed by atoms with Gasteiger partial charge in [-0.2, -0.15) is 0 Å². The van der Waals surface area contributed by atoms with Gasteiger partial charge in [0.15, 0.2) is 6.17 Å². The number of fused-ring (bicyclic) bond motifs is 3. The Balaban J connectivity index is 2.25. The van der Waals surface area contributed by atoms with Crippen LogP contribution in [-0.2, 0) is 0 Å². The van der Waals surface area contributed by atoms with Crippen LogP contribution in [0.4, 0.5) is 0 Å². The van der Waals surface area contributed by atoms with Crippen LogP contribution >= 0.6 is 0 Å². The van der Waals surface area contributed by atoms with Gasteiger partial charge in [-0.1, -0.05) is 0 Å². The maximum Gasteiger partial charge on any atom is 0.184 e. The second kappa shape index (κ2) is 2.32. The minimum atomic E-state index is -0.128. The predicted molar refractivity (Wildman–Crippen MR) is 50.6 cm³/mol. The van der Waals surface area contributed by atoms with Crippen LogP contribution in [-0.4, -0.2) is 29.4 Å². The Morgan fingerprint density at radius 1 is 1.23 bits per heavy atom. The van der Waals surface area contributed by atoms with Gasteiger partial charge in [-0.15, -0.1) is 0 Å². The molecule has 0 spiro atoms. The zero-order chi connectivity index (χ0) is 8.67. The molecule has 0 bridgehead atoms. The van der Waals surface area contributed by atoms with E-state index >= 15 is 0 Å². The van der Waals surface area contributed by atoms with Crippen molar-refractivity contribution in [3.8, 4) is 0 Å². The van der Waals surface area contributed by atoms with Gasteiger partial charge in [-0.25, -0.2) is 9.98 Å². The molecule has 0 saturated carbocycles. The molecule has 1 aromatic rings. The molecule has 2 aliphatic heterocycles. The van der Waals surface area contributed by atoms with Crippen molar-refractivity contribution in [1.82, 2.24) is 4.98 Å². The van der Waals surface area contributed by atoms with Crippen molar-refractivity contribution in [2.45, 2.75) is 6.17 Å². The maximum absolute atomic E-state index is 4.22. The Morgan fingerprint density at radius 3 is 3.23 bits per heavy atom. The first-order chi connectivity index (χ1) is 6.45. The fraction of sp³-hybridized carbons (Fsp3) is 0.111. The lowest BCUT2D eigenvalue weighted by atomic mass is 10.0. The Labute approximate surface area is 74.8 Å². The van der Waals surface area contributed by atoms with E-state index in [1.54, 1.807) is 18.7 Å². The van der Waals surface area contributed by atoms with Crippen molar-refractivity contribution in [3.63, 3.8) is 0 Å². The first-order valence-corrected chi connectivity index (χ1v) is 4.03. The van der Waals surface area contributed by atoms with Gasteiger partial charge < -0.3 is 0 Å². The number of hydrogen-bond acceptors (Lipinski definition) is 4. The smallest absolute Gasteiger partial charge is 0.184 e. The number of pyridine rings is 1. The topological polar surface area (TPSA) is 50.0 Å². The summed E-state index contributed by atoms with van der Waals surface area (Å²) in [7, 11) is 0. The average Bonchev–Trinajstić information content (AvgIpc) is 2.65. The molecule has 3 rings (SSSR count). The first kappa shape index (κ1) is 6.65. The molecule has 1 unspecified atom stereocenters. The fourth-order valence-electron chi connectivity index (χ4n) is 1.49. The van der Waals surface area contributed by atoms with Gasteiger partial charge in [0, 0.05) is 11.8 Å². The van der Waals surface area contributed by atoms with E-state index in [0.29, 0.717) is 0 Å². The second-order valence-corrected chi connectivity index (χ2v) is 2.87. The van der Waals surface area contributed by atoms with Gasteiger partial charge in [-0.3, -0.25) is 9.98 Å². The van der Waals surface area contributed by atoms with E-state index in [2.05, 4.69) is 20.0 Å². The van der Waals surface area contributed by atoms with E-state index in [1.165, 1.54) is 0 Å². The highest BCUT2D eigenvalue weighted by Crippen LogP contribution is 2.18. The molecule has 0 aromatic carbocycles. The number of nitrogens with zero attached hydrogens (tertiary/aromatic N) is 4. The summed E-state index contributed by atoms with van der Waals surface area (Å²) in [6.07, 6.45) is 4.93. The highest BCUT2D eigenvalue weighted by Gasteiger charge is 2.24. The molecule has 0 aliphatic carbocycles. The van der Waals surface area contributed by atoms with Crippen LogP contribution in [0.25, 0.3) is 0 Å². The molecule has 1 aromatic heterocycles. The molecule has 62 valence electrons. The van der Waals surface area contributed by atoms with E-state index in [-0.39, 0.29) is 6.17 Å². The van der Waals surface area contributed by atoms with Crippen molar-refractivity contribution >= 4 is 18.3 Å². The third-order valence-electron chi connectivity index (χ3n) is 2.10. The second-order valence-electron chi connectivity index (χ2n) is 2.87. The summed E-state index contributed by atoms with van der Waals surface area (Å²) in [6, 6.07) is 3.89. The molecule has 3 heterocycles. The molecule has 0 fully saturated rings. The third kappa shape index (κ3) is 0.853. The first-order valence-electron chi connectivity index (χ1n) is 4.03. The van der Waals surface area contributed by atoms with Crippen LogP contribution in [0, 0.1) is 0 Å². The van der Waals surface area contributed by atoms with E-state index in [9.17, 15) is 0 Å². The molecule has 4 heteroatoms. The summed E-state index contributed by atoms with van der Waals surface area (Å²) in [5.74, 6) is 0. The van der Waals surface area contributed by atoms with Gasteiger partial charge >= 0.3 is 0 Å². The van der Waals surface area contributed by atoms with Crippen LogP contribution < -0.4 is 0 Å². The zero-order valence-electron chi connectivity index (χ0n) is 6.75. The summed E-state index contributed by atoms with van der Waals surface area (Å²) in [5, 5.41) is 0. The number of aliphatic imine (C=N–C) groups is 3. The standard InChI is InChI=1S/C9H6N4/c1-2-6-7(10-3-1)4-11-9-8(6)12-5-13-9/h1-5,9H. The van der Waals surface area contributed by atoms with Gasteiger partial charge in [0.1, 0.15) is 6.34 Å². The molecule has 4 nitrogen and oxygen atoms in total. The molecule has 0 N–H and O–H groups in total. The Morgan fingerprint density at radius 2 is 2.23 bits per heavy atom. The van der Waals surface area contributed by atoms with Gasteiger partial charge in [-0.05, 0) is 12.1 Å².